The second-order valence-electron chi connectivity index (χ2n) is 4.67. The Morgan fingerprint density at radius 2 is 2.10 bits per heavy atom. The highest BCUT2D eigenvalue weighted by Gasteiger charge is 2.22. The fraction of sp³-hybridized carbons (Fsp3) is 0.286. The third kappa shape index (κ3) is 2.91. The molecular formula is C14H15N3O4. The zero-order valence-corrected chi connectivity index (χ0v) is 12.0. The third-order valence-corrected chi connectivity index (χ3v) is 3.16. The SMILES string of the molecule is Cc1noc(C)c1CN(C)C(=O)c1ncccc1C(=O)O. The number of carboxylic acid groups (broad SMARTS) is 1. The van der Waals surface area contributed by atoms with Crippen LogP contribution in [0.1, 0.15) is 37.9 Å². The van der Waals surface area contributed by atoms with Crippen molar-refractivity contribution in [2.75, 3.05) is 7.05 Å². The molecule has 2 rings (SSSR count). The molecule has 0 saturated heterocycles. The normalized spacial score (nSPS) is 10.4. The van der Waals surface area contributed by atoms with Crippen LogP contribution >= 0.6 is 0 Å². The Bertz CT molecular complexity index is 674. The molecule has 0 bridgehead atoms. The second kappa shape index (κ2) is 5.74. The van der Waals surface area contributed by atoms with Gasteiger partial charge in [-0.15, -0.1) is 0 Å². The topological polar surface area (TPSA) is 96.5 Å². The molecule has 0 aromatic carbocycles. The minimum atomic E-state index is -1.18. The van der Waals surface area contributed by atoms with Gasteiger partial charge in [-0.05, 0) is 26.0 Å². The standard InChI is InChI=1S/C14H15N3O4/c1-8-11(9(2)21-16-8)7-17(3)13(18)12-10(14(19)20)5-4-6-15-12/h4-6H,7H2,1-3H3,(H,19,20). The number of carboxylic acids is 1. The van der Waals surface area contributed by atoms with Gasteiger partial charge in [-0.2, -0.15) is 0 Å². The smallest absolute Gasteiger partial charge is 0.338 e. The minimum Gasteiger partial charge on any atom is -0.478 e. The van der Waals surface area contributed by atoms with E-state index in [0.29, 0.717) is 11.5 Å². The molecule has 2 aromatic rings. The van der Waals surface area contributed by atoms with Crippen molar-refractivity contribution < 1.29 is 19.2 Å². The summed E-state index contributed by atoms with van der Waals surface area (Å²) in [4.78, 5) is 28.8. The molecule has 0 aliphatic rings. The summed E-state index contributed by atoms with van der Waals surface area (Å²) in [6, 6.07) is 2.83. The lowest BCUT2D eigenvalue weighted by molar-refractivity contribution is 0.0678. The lowest BCUT2D eigenvalue weighted by Crippen LogP contribution is -2.29. The highest BCUT2D eigenvalue weighted by molar-refractivity contribution is 6.03. The molecule has 2 aromatic heterocycles. The van der Waals surface area contributed by atoms with E-state index in [2.05, 4.69) is 10.1 Å². The molecule has 0 saturated carbocycles. The lowest BCUT2D eigenvalue weighted by Gasteiger charge is -2.17. The van der Waals surface area contributed by atoms with Crippen LogP contribution in [0.15, 0.2) is 22.9 Å². The fourth-order valence-corrected chi connectivity index (χ4v) is 1.97. The number of carbonyl (C=O) groups is 2. The molecular weight excluding hydrogens is 274 g/mol. The Morgan fingerprint density at radius 3 is 2.67 bits per heavy atom. The molecule has 2 heterocycles. The molecule has 1 amide bonds. The van der Waals surface area contributed by atoms with Gasteiger partial charge >= 0.3 is 5.97 Å². The van der Waals surface area contributed by atoms with Crippen molar-refractivity contribution in [3.05, 3.63) is 46.6 Å². The Morgan fingerprint density at radius 1 is 1.38 bits per heavy atom. The van der Waals surface area contributed by atoms with Crippen molar-refractivity contribution in [2.45, 2.75) is 20.4 Å². The first-order chi connectivity index (χ1) is 9.91. The van der Waals surface area contributed by atoms with Gasteiger partial charge in [0, 0.05) is 18.8 Å². The van der Waals surface area contributed by atoms with Gasteiger partial charge in [0.25, 0.3) is 5.91 Å². The van der Waals surface area contributed by atoms with Crippen molar-refractivity contribution in [3.8, 4) is 0 Å². The van der Waals surface area contributed by atoms with Crippen LogP contribution in [0.2, 0.25) is 0 Å². The summed E-state index contributed by atoms with van der Waals surface area (Å²) in [6.45, 7) is 3.82. The monoisotopic (exact) mass is 289 g/mol. The van der Waals surface area contributed by atoms with E-state index in [0.717, 1.165) is 5.56 Å². The van der Waals surface area contributed by atoms with Gasteiger partial charge in [0.15, 0.2) is 0 Å². The largest absolute Gasteiger partial charge is 0.478 e. The zero-order chi connectivity index (χ0) is 15.6. The number of hydrogen-bond acceptors (Lipinski definition) is 5. The molecule has 7 heteroatoms. The zero-order valence-electron chi connectivity index (χ0n) is 12.0. The number of aromatic nitrogens is 2. The third-order valence-electron chi connectivity index (χ3n) is 3.16. The van der Waals surface area contributed by atoms with Crippen molar-refractivity contribution >= 4 is 11.9 Å². The molecule has 0 aliphatic carbocycles. The Labute approximate surface area is 121 Å². The van der Waals surface area contributed by atoms with E-state index in [-0.39, 0.29) is 17.8 Å². The molecule has 0 atom stereocenters. The Balaban J connectivity index is 2.26. The van der Waals surface area contributed by atoms with Crippen LogP contribution in [0.3, 0.4) is 0 Å². The number of pyridine rings is 1. The first-order valence-corrected chi connectivity index (χ1v) is 6.27. The van der Waals surface area contributed by atoms with E-state index in [1.54, 1.807) is 20.9 Å². The molecule has 0 radical (unpaired) electrons. The number of nitrogens with zero attached hydrogens (tertiary/aromatic N) is 3. The van der Waals surface area contributed by atoms with E-state index < -0.39 is 11.9 Å². The van der Waals surface area contributed by atoms with Crippen LogP contribution in [0, 0.1) is 13.8 Å². The molecule has 0 spiro atoms. The first-order valence-electron chi connectivity index (χ1n) is 6.27. The van der Waals surface area contributed by atoms with Gasteiger partial charge in [-0.25, -0.2) is 4.79 Å². The van der Waals surface area contributed by atoms with Gasteiger partial charge in [-0.1, -0.05) is 5.16 Å². The van der Waals surface area contributed by atoms with E-state index in [4.69, 9.17) is 9.63 Å². The molecule has 0 fully saturated rings. The van der Waals surface area contributed by atoms with Crippen molar-refractivity contribution in [3.63, 3.8) is 0 Å². The summed E-state index contributed by atoms with van der Waals surface area (Å²) >= 11 is 0. The van der Waals surface area contributed by atoms with E-state index in [1.807, 2.05) is 0 Å². The van der Waals surface area contributed by atoms with Crippen LogP contribution in [-0.4, -0.2) is 39.1 Å². The van der Waals surface area contributed by atoms with Crippen LogP contribution < -0.4 is 0 Å². The summed E-state index contributed by atoms with van der Waals surface area (Å²) in [6.07, 6.45) is 1.39. The number of carbonyl (C=O) groups excluding carboxylic acids is 1. The van der Waals surface area contributed by atoms with Crippen molar-refractivity contribution in [1.29, 1.82) is 0 Å². The minimum absolute atomic E-state index is 0.0840. The van der Waals surface area contributed by atoms with E-state index in [1.165, 1.54) is 23.2 Å². The molecule has 7 nitrogen and oxygen atoms in total. The predicted octanol–water partition coefficient (Wildman–Crippen LogP) is 1.66. The number of rotatable bonds is 4. The van der Waals surface area contributed by atoms with Gasteiger partial charge in [0.1, 0.15) is 11.5 Å². The summed E-state index contributed by atoms with van der Waals surface area (Å²) in [5, 5.41) is 12.9. The Hall–Kier alpha value is -2.70. The summed E-state index contributed by atoms with van der Waals surface area (Å²) in [5.74, 6) is -1.02. The van der Waals surface area contributed by atoms with Crippen LogP contribution in [0.4, 0.5) is 0 Å². The lowest BCUT2D eigenvalue weighted by atomic mass is 10.1. The second-order valence-corrected chi connectivity index (χ2v) is 4.67. The predicted molar refractivity (Wildman–Crippen MR) is 73.0 cm³/mol. The van der Waals surface area contributed by atoms with Gasteiger partial charge < -0.3 is 14.5 Å². The first kappa shape index (κ1) is 14.7. The van der Waals surface area contributed by atoms with E-state index in [9.17, 15) is 9.59 Å². The van der Waals surface area contributed by atoms with Gasteiger partial charge in [0.05, 0.1) is 17.8 Å². The maximum Gasteiger partial charge on any atom is 0.338 e. The van der Waals surface area contributed by atoms with Crippen LogP contribution in [0.25, 0.3) is 0 Å². The average Bonchev–Trinajstić information content (AvgIpc) is 2.78. The average molecular weight is 289 g/mol. The number of amides is 1. The fourth-order valence-electron chi connectivity index (χ4n) is 1.97. The van der Waals surface area contributed by atoms with E-state index >= 15 is 0 Å². The maximum atomic E-state index is 12.4. The van der Waals surface area contributed by atoms with Crippen molar-refractivity contribution in [1.82, 2.24) is 15.0 Å². The molecule has 110 valence electrons. The van der Waals surface area contributed by atoms with Crippen molar-refractivity contribution in [2.24, 2.45) is 0 Å². The molecule has 21 heavy (non-hydrogen) atoms. The quantitative estimate of drug-likeness (QED) is 0.919. The van der Waals surface area contributed by atoms with Gasteiger partial charge in [0.2, 0.25) is 0 Å². The molecule has 0 aliphatic heterocycles. The van der Waals surface area contributed by atoms with Gasteiger partial charge in [-0.3, -0.25) is 9.78 Å². The van der Waals surface area contributed by atoms with Crippen LogP contribution in [0.5, 0.6) is 0 Å². The molecule has 1 N–H and O–H groups in total. The van der Waals surface area contributed by atoms with Crippen LogP contribution in [-0.2, 0) is 6.54 Å². The number of aromatic carboxylic acids is 1. The number of aryl methyl sites for hydroxylation is 2. The number of hydrogen-bond donors (Lipinski definition) is 1. The maximum absolute atomic E-state index is 12.4. The highest BCUT2D eigenvalue weighted by atomic mass is 16.5. The Kier molecular flexibility index (Phi) is 4.02. The summed E-state index contributed by atoms with van der Waals surface area (Å²) in [7, 11) is 1.58. The highest BCUT2D eigenvalue weighted by Crippen LogP contribution is 2.16. The summed E-state index contributed by atoms with van der Waals surface area (Å²) in [5.41, 5.74) is 1.30. The molecule has 0 unspecified atom stereocenters. The summed E-state index contributed by atoms with van der Waals surface area (Å²) < 4.78 is 5.05.